The summed E-state index contributed by atoms with van der Waals surface area (Å²) in [6, 6.07) is 18.1. The van der Waals surface area contributed by atoms with Crippen molar-refractivity contribution in [1.29, 1.82) is 0 Å². The van der Waals surface area contributed by atoms with Crippen LogP contribution < -0.4 is 14.8 Å². The van der Waals surface area contributed by atoms with Crippen LogP contribution >= 0.6 is 0 Å². The van der Waals surface area contributed by atoms with Crippen LogP contribution in [0.5, 0.6) is 17.2 Å². The Balaban J connectivity index is 1.61. The zero-order chi connectivity index (χ0) is 14.5. The second kappa shape index (κ2) is 6.64. The number of hydrogen-bond donors (Lipinski definition) is 1. The van der Waals surface area contributed by atoms with Gasteiger partial charge in [-0.2, -0.15) is 0 Å². The highest BCUT2D eigenvalue weighted by Gasteiger charge is 2.27. The van der Waals surface area contributed by atoms with E-state index in [1.54, 1.807) is 0 Å². The average molecular weight is 283 g/mol. The molecule has 1 saturated carbocycles. The molecule has 0 amide bonds. The maximum atomic E-state index is 6.07. The van der Waals surface area contributed by atoms with Crippen molar-refractivity contribution in [3.63, 3.8) is 0 Å². The van der Waals surface area contributed by atoms with Gasteiger partial charge in [0.05, 0.1) is 0 Å². The molecule has 110 valence electrons. The monoisotopic (exact) mass is 283 g/mol. The molecule has 0 bridgehead atoms. The SMILES string of the molecule is CNC1CCCC1Oc1ccc(Oc2ccccc2)cc1. The topological polar surface area (TPSA) is 30.5 Å². The lowest BCUT2D eigenvalue weighted by molar-refractivity contribution is 0.179. The third-order valence-electron chi connectivity index (χ3n) is 3.91. The van der Waals surface area contributed by atoms with Gasteiger partial charge in [-0.3, -0.25) is 0 Å². The van der Waals surface area contributed by atoms with E-state index >= 15 is 0 Å². The standard InChI is InChI=1S/C18H21NO2/c1-19-17-8-5-9-18(17)21-16-12-10-15(11-13-16)20-14-6-3-2-4-7-14/h2-4,6-7,10-13,17-19H,5,8-9H2,1H3. The number of rotatable bonds is 5. The van der Waals surface area contributed by atoms with Gasteiger partial charge in [0.2, 0.25) is 0 Å². The molecule has 21 heavy (non-hydrogen) atoms. The number of likely N-dealkylation sites (N-methyl/N-ethyl adjacent to an activating group) is 1. The Morgan fingerprint density at radius 3 is 2.24 bits per heavy atom. The molecule has 2 unspecified atom stereocenters. The molecular weight excluding hydrogens is 262 g/mol. The first-order valence-corrected chi connectivity index (χ1v) is 7.52. The van der Waals surface area contributed by atoms with E-state index in [1.807, 2.05) is 61.6 Å². The molecule has 3 rings (SSSR count). The van der Waals surface area contributed by atoms with Gasteiger partial charge in [-0.25, -0.2) is 0 Å². The molecule has 2 atom stereocenters. The Morgan fingerprint density at radius 1 is 0.857 bits per heavy atom. The van der Waals surface area contributed by atoms with Crippen LogP contribution in [0.4, 0.5) is 0 Å². The minimum atomic E-state index is 0.274. The second-order valence-corrected chi connectivity index (χ2v) is 5.37. The molecule has 1 aliphatic carbocycles. The van der Waals surface area contributed by atoms with E-state index in [4.69, 9.17) is 9.47 Å². The lowest BCUT2D eigenvalue weighted by Gasteiger charge is -2.20. The average Bonchev–Trinajstić information content (AvgIpc) is 2.97. The number of hydrogen-bond acceptors (Lipinski definition) is 3. The molecule has 2 aromatic rings. The molecule has 0 aromatic heterocycles. The van der Waals surface area contributed by atoms with Crippen LogP contribution in [-0.2, 0) is 0 Å². The molecule has 2 aromatic carbocycles. The molecule has 3 heteroatoms. The summed E-state index contributed by atoms with van der Waals surface area (Å²) in [6.45, 7) is 0. The maximum Gasteiger partial charge on any atom is 0.127 e. The highest BCUT2D eigenvalue weighted by molar-refractivity contribution is 5.35. The molecule has 3 nitrogen and oxygen atoms in total. The van der Waals surface area contributed by atoms with Crippen molar-refractivity contribution >= 4 is 0 Å². The van der Waals surface area contributed by atoms with Crippen LogP contribution in [0.3, 0.4) is 0 Å². The fourth-order valence-corrected chi connectivity index (χ4v) is 2.78. The molecule has 1 fully saturated rings. The fraction of sp³-hybridized carbons (Fsp3) is 0.333. The molecule has 0 radical (unpaired) electrons. The van der Waals surface area contributed by atoms with Crippen molar-refractivity contribution in [2.75, 3.05) is 7.05 Å². The van der Waals surface area contributed by atoms with E-state index in [2.05, 4.69) is 5.32 Å². The van der Waals surface area contributed by atoms with Gasteiger partial charge < -0.3 is 14.8 Å². The van der Waals surface area contributed by atoms with E-state index in [-0.39, 0.29) is 6.10 Å². The zero-order valence-electron chi connectivity index (χ0n) is 12.3. The molecule has 0 aliphatic heterocycles. The molecule has 1 aliphatic rings. The Kier molecular flexibility index (Phi) is 4.41. The minimum Gasteiger partial charge on any atom is -0.489 e. The Bertz CT molecular complexity index is 553. The number of ether oxygens (including phenoxy) is 2. The van der Waals surface area contributed by atoms with Crippen molar-refractivity contribution in [3.05, 3.63) is 54.6 Å². The zero-order valence-corrected chi connectivity index (χ0v) is 12.3. The molecular formula is C18H21NO2. The third-order valence-corrected chi connectivity index (χ3v) is 3.91. The number of para-hydroxylation sites is 1. The highest BCUT2D eigenvalue weighted by atomic mass is 16.5. The Hall–Kier alpha value is -2.00. The Labute approximate surface area is 125 Å². The van der Waals surface area contributed by atoms with Gasteiger partial charge >= 0.3 is 0 Å². The van der Waals surface area contributed by atoms with Crippen LogP contribution in [0, 0.1) is 0 Å². The van der Waals surface area contributed by atoms with Gasteiger partial charge in [0, 0.05) is 6.04 Å². The first-order chi connectivity index (χ1) is 10.3. The lowest BCUT2D eigenvalue weighted by Crippen LogP contribution is -2.36. The minimum absolute atomic E-state index is 0.274. The summed E-state index contributed by atoms with van der Waals surface area (Å²) in [5.41, 5.74) is 0. The van der Waals surface area contributed by atoms with Crippen LogP contribution in [-0.4, -0.2) is 19.2 Å². The normalized spacial score (nSPS) is 21.2. The van der Waals surface area contributed by atoms with Crippen molar-refractivity contribution in [2.45, 2.75) is 31.4 Å². The largest absolute Gasteiger partial charge is 0.489 e. The number of benzene rings is 2. The summed E-state index contributed by atoms with van der Waals surface area (Å²) < 4.78 is 11.8. The fourth-order valence-electron chi connectivity index (χ4n) is 2.78. The summed E-state index contributed by atoms with van der Waals surface area (Å²) in [5.74, 6) is 2.57. The van der Waals surface area contributed by atoms with Gasteiger partial charge in [-0.15, -0.1) is 0 Å². The van der Waals surface area contributed by atoms with Gasteiger partial charge in [0.15, 0.2) is 0 Å². The Morgan fingerprint density at radius 2 is 1.52 bits per heavy atom. The van der Waals surface area contributed by atoms with E-state index < -0.39 is 0 Å². The predicted octanol–water partition coefficient (Wildman–Crippen LogP) is 4.00. The third kappa shape index (κ3) is 3.56. The van der Waals surface area contributed by atoms with Gasteiger partial charge in [-0.05, 0) is 62.7 Å². The lowest BCUT2D eigenvalue weighted by atomic mass is 10.2. The molecule has 0 spiro atoms. The van der Waals surface area contributed by atoms with Crippen LogP contribution in [0.2, 0.25) is 0 Å². The van der Waals surface area contributed by atoms with Crippen molar-refractivity contribution in [1.82, 2.24) is 5.32 Å². The van der Waals surface area contributed by atoms with E-state index in [0.29, 0.717) is 6.04 Å². The van der Waals surface area contributed by atoms with Gasteiger partial charge in [-0.1, -0.05) is 18.2 Å². The summed E-state index contributed by atoms with van der Waals surface area (Å²) >= 11 is 0. The van der Waals surface area contributed by atoms with Crippen LogP contribution in [0.25, 0.3) is 0 Å². The first-order valence-electron chi connectivity index (χ1n) is 7.52. The number of nitrogens with one attached hydrogen (secondary N) is 1. The van der Waals surface area contributed by atoms with E-state index in [1.165, 1.54) is 12.8 Å². The quantitative estimate of drug-likeness (QED) is 0.899. The maximum absolute atomic E-state index is 6.07. The van der Waals surface area contributed by atoms with E-state index in [0.717, 1.165) is 23.7 Å². The predicted molar refractivity (Wildman–Crippen MR) is 84.1 cm³/mol. The van der Waals surface area contributed by atoms with Crippen LogP contribution in [0.15, 0.2) is 54.6 Å². The van der Waals surface area contributed by atoms with Gasteiger partial charge in [0.25, 0.3) is 0 Å². The molecule has 0 heterocycles. The summed E-state index contributed by atoms with van der Waals surface area (Å²) in [6.07, 6.45) is 3.81. The summed E-state index contributed by atoms with van der Waals surface area (Å²) in [4.78, 5) is 0. The second-order valence-electron chi connectivity index (χ2n) is 5.37. The van der Waals surface area contributed by atoms with Gasteiger partial charge in [0.1, 0.15) is 23.4 Å². The summed E-state index contributed by atoms with van der Waals surface area (Å²) in [7, 11) is 2.00. The van der Waals surface area contributed by atoms with Crippen molar-refractivity contribution in [3.8, 4) is 17.2 Å². The summed E-state index contributed by atoms with van der Waals surface area (Å²) in [5, 5.41) is 3.33. The molecule has 1 N–H and O–H groups in total. The smallest absolute Gasteiger partial charge is 0.127 e. The van der Waals surface area contributed by atoms with Crippen molar-refractivity contribution < 1.29 is 9.47 Å². The first kappa shape index (κ1) is 14.0. The van der Waals surface area contributed by atoms with Crippen LogP contribution in [0.1, 0.15) is 19.3 Å². The molecule has 0 saturated heterocycles. The highest BCUT2D eigenvalue weighted by Crippen LogP contribution is 2.27. The van der Waals surface area contributed by atoms with E-state index in [9.17, 15) is 0 Å². The van der Waals surface area contributed by atoms with Crippen molar-refractivity contribution in [2.24, 2.45) is 0 Å².